The van der Waals surface area contributed by atoms with E-state index in [4.69, 9.17) is 4.74 Å². The first-order chi connectivity index (χ1) is 22.4. The summed E-state index contributed by atoms with van der Waals surface area (Å²) in [6.45, 7) is 4.33. The number of benzene rings is 2. The van der Waals surface area contributed by atoms with Crippen LogP contribution in [-0.2, 0) is 33.9 Å². The van der Waals surface area contributed by atoms with Gasteiger partial charge in [-0.2, -0.15) is 26.3 Å². The van der Waals surface area contributed by atoms with Crippen molar-refractivity contribution in [1.29, 1.82) is 0 Å². The summed E-state index contributed by atoms with van der Waals surface area (Å²) in [6.07, 6.45) is -8.90. The Bertz CT molecular complexity index is 1630. The van der Waals surface area contributed by atoms with E-state index in [0.29, 0.717) is 56.4 Å². The lowest BCUT2D eigenvalue weighted by atomic mass is 9.81. The number of halogens is 7. The number of amides is 1. The number of anilines is 2. The number of likely N-dealkylation sites (N-methyl/N-ethyl adjacent to an activating group) is 1. The molecule has 260 valence electrons. The molecule has 2 aliphatic rings. The standard InChI is InChI=1S/C33H35F7N4O4/c1-31(2,20-9-21(32(35,36)37)11-22(10-20)33(38,39)40)30(47)42(3)28-13-41-29(12-27(28)26-5-4-23(34)8-19(26)16-45)44-15-25-18-48-7-6-43(25)14-24(44)17-46/h4-5,8-13,24-25,45-46H,6-7,14-18H2,1-3H3/t24-,25-/m0/s1. The number of rotatable bonds is 7. The van der Waals surface area contributed by atoms with Gasteiger partial charge < -0.3 is 24.7 Å². The molecule has 0 spiro atoms. The minimum atomic E-state index is -5.11. The average molecular weight is 685 g/mol. The molecule has 0 radical (unpaired) electrons. The van der Waals surface area contributed by atoms with Crippen molar-refractivity contribution < 1.29 is 50.5 Å². The van der Waals surface area contributed by atoms with E-state index in [-0.39, 0.29) is 41.6 Å². The first kappa shape index (κ1) is 35.5. The van der Waals surface area contributed by atoms with Crippen molar-refractivity contribution in [3.8, 4) is 11.1 Å². The SMILES string of the molecule is CN(C(=O)C(C)(C)c1cc(C(F)(F)F)cc(C(F)(F)F)c1)c1cnc(N2C[C@H]3COCCN3C[C@H]2CO)cc1-c1ccc(F)cc1CO. The lowest BCUT2D eigenvalue weighted by Crippen LogP contribution is -2.63. The number of alkyl halides is 6. The van der Waals surface area contributed by atoms with Gasteiger partial charge in [-0.15, -0.1) is 0 Å². The van der Waals surface area contributed by atoms with Gasteiger partial charge in [0.1, 0.15) is 11.6 Å². The molecule has 3 aromatic rings. The van der Waals surface area contributed by atoms with Crippen LogP contribution in [0.25, 0.3) is 11.1 Å². The number of carbonyl (C=O) groups excluding carboxylic acids is 1. The molecule has 1 amide bonds. The maximum absolute atomic E-state index is 14.2. The number of nitrogens with zero attached hydrogens (tertiary/aromatic N) is 4. The Morgan fingerprint density at radius 1 is 0.958 bits per heavy atom. The molecule has 5 rings (SSSR count). The fourth-order valence-corrected chi connectivity index (χ4v) is 6.28. The number of aromatic nitrogens is 1. The first-order valence-electron chi connectivity index (χ1n) is 15.1. The second-order valence-corrected chi connectivity index (χ2v) is 12.5. The van der Waals surface area contributed by atoms with E-state index in [0.717, 1.165) is 17.0 Å². The van der Waals surface area contributed by atoms with Crippen LogP contribution in [0.2, 0.25) is 0 Å². The Balaban J connectivity index is 1.61. The van der Waals surface area contributed by atoms with Gasteiger partial charge in [0.15, 0.2) is 0 Å². The summed E-state index contributed by atoms with van der Waals surface area (Å²) >= 11 is 0. The molecule has 2 atom stereocenters. The van der Waals surface area contributed by atoms with Crippen molar-refractivity contribution in [2.45, 2.75) is 50.3 Å². The zero-order valence-corrected chi connectivity index (χ0v) is 26.4. The van der Waals surface area contributed by atoms with Crippen molar-refractivity contribution >= 4 is 17.4 Å². The Kier molecular flexibility index (Phi) is 9.81. The molecular weight excluding hydrogens is 649 g/mol. The van der Waals surface area contributed by atoms with E-state index >= 15 is 0 Å². The van der Waals surface area contributed by atoms with E-state index < -0.39 is 52.8 Å². The van der Waals surface area contributed by atoms with Gasteiger partial charge in [0.25, 0.3) is 0 Å². The third-order valence-electron chi connectivity index (χ3n) is 9.05. The van der Waals surface area contributed by atoms with Crippen LogP contribution in [-0.4, -0.2) is 84.6 Å². The van der Waals surface area contributed by atoms with Crippen LogP contribution in [0.5, 0.6) is 0 Å². The van der Waals surface area contributed by atoms with E-state index in [2.05, 4.69) is 9.88 Å². The highest BCUT2D eigenvalue weighted by molar-refractivity contribution is 6.03. The molecule has 8 nitrogen and oxygen atoms in total. The number of fused-ring (bicyclic) bond motifs is 1. The van der Waals surface area contributed by atoms with Crippen LogP contribution >= 0.6 is 0 Å². The van der Waals surface area contributed by atoms with Gasteiger partial charge >= 0.3 is 12.4 Å². The quantitative estimate of drug-likeness (QED) is 0.330. The molecule has 48 heavy (non-hydrogen) atoms. The number of aliphatic hydroxyl groups is 2. The summed E-state index contributed by atoms with van der Waals surface area (Å²) in [5.41, 5.74) is -4.67. The number of hydrogen-bond donors (Lipinski definition) is 2. The summed E-state index contributed by atoms with van der Waals surface area (Å²) in [4.78, 5) is 23.8. The van der Waals surface area contributed by atoms with Crippen LogP contribution in [0.15, 0.2) is 48.7 Å². The molecule has 2 saturated heterocycles. The molecule has 3 heterocycles. The van der Waals surface area contributed by atoms with Gasteiger partial charge in [-0.05, 0) is 66.9 Å². The fourth-order valence-electron chi connectivity index (χ4n) is 6.28. The molecule has 15 heteroatoms. The number of piperazine rings is 1. The van der Waals surface area contributed by atoms with Crippen molar-refractivity contribution in [3.05, 3.63) is 76.7 Å². The second-order valence-electron chi connectivity index (χ2n) is 12.5. The number of hydrogen-bond acceptors (Lipinski definition) is 7. The Morgan fingerprint density at radius 3 is 2.21 bits per heavy atom. The summed E-state index contributed by atoms with van der Waals surface area (Å²) < 4.78 is 102. The van der Waals surface area contributed by atoms with Crippen LogP contribution in [0.1, 0.15) is 36.1 Å². The topological polar surface area (TPSA) is 89.4 Å². The Labute approximate surface area is 272 Å². The fraction of sp³-hybridized carbons (Fsp3) is 0.455. The van der Waals surface area contributed by atoms with Gasteiger partial charge in [0.2, 0.25) is 5.91 Å². The third-order valence-corrected chi connectivity index (χ3v) is 9.05. The van der Waals surface area contributed by atoms with E-state index in [1.165, 1.54) is 33.2 Å². The predicted molar refractivity (Wildman–Crippen MR) is 163 cm³/mol. The molecular formula is C33H35F7N4O4. The second kappa shape index (κ2) is 13.3. The first-order valence-corrected chi connectivity index (χ1v) is 15.1. The number of aliphatic hydroxyl groups excluding tert-OH is 2. The molecule has 2 aliphatic heterocycles. The van der Waals surface area contributed by atoms with E-state index in [1.807, 2.05) is 4.90 Å². The number of morpholine rings is 1. The Morgan fingerprint density at radius 2 is 1.60 bits per heavy atom. The molecule has 0 saturated carbocycles. The van der Waals surface area contributed by atoms with Crippen molar-refractivity contribution in [2.24, 2.45) is 0 Å². The lowest BCUT2D eigenvalue weighted by molar-refractivity contribution is -0.143. The number of ether oxygens (including phenoxy) is 1. The van der Waals surface area contributed by atoms with Gasteiger partial charge in [0, 0.05) is 32.2 Å². The van der Waals surface area contributed by atoms with Crippen LogP contribution in [0.4, 0.5) is 42.2 Å². The number of carbonyl (C=O) groups is 1. The molecule has 0 unspecified atom stereocenters. The minimum absolute atomic E-state index is 0.00161. The molecule has 1 aromatic heterocycles. The molecule has 0 bridgehead atoms. The largest absolute Gasteiger partial charge is 0.416 e. The van der Waals surface area contributed by atoms with Crippen LogP contribution in [0, 0.1) is 5.82 Å². The summed E-state index contributed by atoms with van der Waals surface area (Å²) in [6, 6.07) is 5.95. The maximum Gasteiger partial charge on any atom is 0.416 e. The van der Waals surface area contributed by atoms with Gasteiger partial charge in [-0.1, -0.05) is 6.07 Å². The number of pyridine rings is 1. The normalized spacial score (nSPS) is 19.3. The minimum Gasteiger partial charge on any atom is -0.394 e. The smallest absolute Gasteiger partial charge is 0.394 e. The molecule has 2 aromatic carbocycles. The summed E-state index contributed by atoms with van der Waals surface area (Å²) in [7, 11) is 1.30. The van der Waals surface area contributed by atoms with Crippen molar-refractivity contribution in [2.75, 3.05) is 56.3 Å². The van der Waals surface area contributed by atoms with E-state index in [9.17, 15) is 45.7 Å². The van der Waals surface area contributed by atoms with Gasteiger partial charge in [-0.25, -0.2) is 9.37 Å². The van der Waals surface area contributed by atoms with Gasteiger partial charge in [0.05, 0.1) is 66.9 Å². The Hall–Kier alpha value is -3.79. The van der Waals surface area contributed by atoms with Crippen molar-refractivity contribution in [1.82, 2.24) is 9.88 Å². The summed E-state index contributed by atoms with van der Waals surface area (Å²) in [5.74, 6) is -1.11. The highest BCUT2D eigenvalue weighted by atomic mass is 19.4. The van der Waals surface area contributed by atoms with E-state index in [1.54, 1.807) is 6.07 Å². The van der Waals surface area contributed by atoms with Crippen molar-refractivity contribution in [3.63, 3.8) is 0 Å². The molecule has 2 N–H and O–H groups in total. The zero-order chi connectivity index (χ0) is 35.2. The van der Waals surface area contributed by atoms with Crippen LogP contribution in [0.3, 0.4) is 0 Å². The van der Waals surface area contributed by atoms with Crippen LogP contribution < -0.4 is 9.80 Å². The highest BCUT2D eigenvalue weighted by Crippen LogP contribution is 2.42. The average Bonchev–Trinajstić information content (AvgIpc) is 3.05. The highest BCUT2D eigenvalue weighted by Gasteiger charge is 2.42. The molecule has 0 aliphatic carbocycles. The molecule has 2 fully saturated rings. The van der Waals surface area contributed by atoms with Gasteiger partial charge in [-0.3, -0.25) is 9.69 Å². The zero-order valence-electron chi connectivity index (χ0n) is 26.4. The monoisotopic (exact) mass is 684 g/mol. The lowest BCUT2D eigenvalue weighted by Gasteiger charge is -2.48. The predicted octanol–water partition coefficient (Wildman–Crippen LogP) is 5.24. The maximum atomic E-state index is 14.2. The third kappa shape index (κ3) is 7.00. The summed E-state index contributed by atoms with van der Waals surface area (Å²) in [5, 5.41) is 20.4.